The van der Waals surface area contributed by atoms with E-state index in [1.807, 2.05) is 0 Å². The standard InChI is InChI=1S/C12H14Cl2N2O4S/c1-20-7-2-3-10(8(13)4-7)15-12(17)16-11-6-21(18,19)5-9(11)14/h2-4,9,11H,5-6H2,1H3,(H2,15,16,17)/t9-,11-/m1/s1. The van der Waals surface area contributed by atoms with Gasteiger partial charge in [-0.15, -0.1) is 11.6 Å². The van der Waals surface area contributed by atoms with Gasteiger partial charge < -0.3 is 15.4 Å². The third kappa shape index (κ3) is 4.15. The van der Waals surface area contributed by atoms with Crippen LogP contribution in [-0.2, 0) is 9.84 Å². The van der Waals surface area contributed by atoms with E-state index in [0.29, 0.717) is 16.5 Å². The molecule has 0 aromatic heterocycles. The Hall–Kier alpha value is -1.18. The number of alkyl halides is 1. The largest absolute Gasteiger partial charge is 0.497 e. The lowest BCUT2D eigenvalue weighted by Crippen LogP contribution is -2.42. The fourth-order valence-electron chi connectivity index (χ4n) is 1.99. The van der Waals surface area contributed by atoms with Gasteiger partial charge >= 0.3 is 6.03 Å². The number of carbonyl (C=O) groups excluding carboxylic acids is 1. The van der Waals surface area contributed by atoms with Crippen LogP contribution in [0.15, 0.2) is 18.2 Å². The molecule has 2 N–H and O–H groups in total. The van der Waals surface area contributed by atoms with E-state index < -0.39 is 27.3 Å². The minimum atomic E-state index is -3.20. The van der Waals surface area contributed by atoms with Gasteiger partial charge in [0.15, 0.2) is 9.84 Å². The Morgan fingerprint density at radius 3 is 2.62 bits per heavy atom. The van der Waals surface area contributed by atoms with E-state index in [4.69, 9.17) is 27.9 Å². The van der Waals surface area contributed by atoms with Crippen molar-refractivity contribution < 1.29 is 17.9 Å². The summed E-state index contributed by atoms with van der Waals surface area (Å²) in [5, 5.41) is 4.76. The van der Waals surface area contributed by atoms with Crippen molar-refractivity contribution in [2.24, 2.45) is 0 Å². The quantitative estimate of drug-likeness (QED) is 0.813. The second kappa shape index (κ2) is 6.29. The van der Waals surface area contributed by atoms with Gasteiger partial charge in [-0.1, -0.05) is 11.6 Å². The molecule has 0 spiro atoms. The van der Waals surface area contributed by atoms with Crippen molar-refractivity contribution >= 4 is 44.8 Å². The molecule has 1 heterocycles. The molecular weight excluding hydrogens is 339 g/mol. The van der Waals surface area contributed by atoms with Gasteiger partial charge in [-0.2, -0.15) is 0 Å². The van der Waals surface area contributed by atoms with Gasteiger partial charge in [0.1, 0.15) is 5.75 Å². The van der Waals surface area contributed by atoms with Crippen molar-refractivity contribution in [3.63, 3.8) is 0 Å². The number of methoxy groups -OCH3 is 1. The maximum Gasteiger partial charge on any atom is 0.319 e. The average molecular weight is 353 g/mol. The van der Waals surface area contributed by atoms with E-state index in [-0.39, 0.29) is 11.5 Å². The van der Waals surface area contributed by atoms with Crippen molar-refractivity contribution in [3.05, 3.63) is 23.2 Å². The zero-order chi connectivity index (χ0) is 15.6. The first-order valence-corrected chi connectivity index (χ1v) is 8.70. The molecule has 1 aromatic rings. The van der Waals surface area contributed by atoms with Crippen molar-refractivity contribution in [2.75, 3.05) is 23.9 Å². The maximum atomic E-state index is 11.9. The first kappa shape index (κ1) is 16.2. The lowest BCUT2D eigenvalue weighted by atomic mass is 10.2. The Morgan fingerprint density at radius 2 is 2.10 bits per heavy atom. The molecule has 1 fully saturated rings. The molecular formula is C12H14Cl2N2O4S. The van der Waals surface area contributed by atoms with Crippen molar-refractivity contribution in [3.8, 4) is 5.75 Å². The van der Waals surface area contributed by atoms with Crippen LogP contribution in [0.3, 0.4) is 0 Å². The normalized spacial score (nSPS) is 23.6. The molecule has 116 valence electrons. The first-order valence-electron chi connectivity index (χ1n) is 6.06. The molecule has 21 heavy (non-hydrogen) atoms. The number of amides is 2. The summed E-state index contributed by atoms with van der Waals surface area (Å²) < 4.78 is 27.9. The summed E-state index contributed by atoms with van der Waals surface area (Å²) in [6.07, 6.45) is 0. The number of hydrogen-bond donors (Lipinski definition) is 2. The highest BCUT2D eigenvalue weighted by Crippen LogP contribution is 2.26. The lowest BCUT2D eigenvalue weighted by Gasteiger charge is -2.15. The van der Waals surface area contributed by atoms with Crippen LogP contribution in [0.4, 0.5) is 10.5 Å². The second-order valence-electron chi connectivity index (χ2n) is 4.64. The number of hydrogen-bond acceptors (Lipinski definition) is 4. The van der Waals surface area contributed by atoms with Crippen LogP contribution in [-0.4, -0.2) is 44.5 Å². The maximum absolute atomic E-state index is 11.9. The minimum Gasteiger partial charge on any atom is -0.497 e. The highest BCUT2D eigenvalue weighted by atomic mass is 35.5. The number of rotatable bonds is 3. The van der Waals surface area contributed by atoms with Gasteiger partial charge in [-0.05, 0) is 12.1 Å². The topological polar surface area (TPSA) is 84.5 Å². The van der Waals surface area contributed by atoms with Crippen molar-refractivity contribution in [1.29, 1.82) is 0 Å². The number of ether oxygens (including phenoxy) is 1. The van der Waals surface area contributed by atoms with E-state index in [1.54, 1.807) is 18.2 Å². The number of halogens is 2. The molecule has 1 aliphatic rings. The van der Waals surface area contributed by atoms with Crippen LogP contribution < -0.4 is 15.4 Å². The third-order valence-corrected chi connectivity index (χ3v) is 5.71. The van der Waals surface area contributed by atoms with Crippen LogP contribution in [0.25, 0.3) is 0 Å². The molecule has 1 aliphatic heterocycles. The van der Waals surface area contributed by atoms with E-state index in [9.17, 15) is 13.2 Å². The number of urea groups is 1. The molecule has 0 saturated carbocycles. The van der Waals surface area contributed by atoms with Crippen LogP contribution >= 0.6 is 23.2 Å². The smallest absolute Gasteiger partial charge is 0.319 e. The zero-order valence-corrected chi connectivity index (χ0v) is 13.4. The molecule has 1 saturated heterocycles. The Morgan fingerprint density at radius 1 is 1.38 bits per heavy atom. The SMILES string of the molecule is COc1ccc(NC(=O)N[C@@H]2CS(=O)(=O)C[C@H]2Cl)c(Cl)c1. The molecule has 9 heteroatoms. The van der Waals surface area contributed by atoms with Gasteiger partial charge in [0, 0.05) is 6.07 Å². The van der Waals surface area contributed by atoms with Crippen LogP contribution in [0.2, 0.25) is 5.02 Å². The van der Waals surface area contributed by atoms with Crippen molar-refractivity contribution in [1.82, 2.24) is 5.32 Å². The molecule has 0 unspecified atom stereocenters. The summed E-state index contributed by atoms with van der Waals surface area (Å²) in [5.41, 5.74) is 0.391. The van der Waals surface area contributed by atoms with Gasteiger partial charge in [0.2, 0.25) is 0 Å². The molecule has 0 bridgehead atoms. The predicted octanol–water partition coefficient (Wildman–Crippen LogP) is 1.87. The molecule has 0 radical (unpaired) electrons. The Kier molecular flexibility index (Phi) is 4.85. The number of benzene rings is 1. The summed E-state index contributed by atoms with van der Waals surface area (Å²) >= 11 is 11.9. The van der Waals surface area contributed by atoms with E-state index >= 15 is 0 Å². The monoisotopic (exact) mass is 352 g/mol. The molecule has 2 amide bonds. The number of carbonyl (C=O) groups is 1. The predicted molar refractivity (Wildman–Crippen MR) is 82.2 cm³/mol. The summed E-state index contributed by atoms with van der Waals surface area (Å²) in [7, 11) is -1.69. The van der Waals surface area contributed by atoms with Crippen LogP contribution in [0, 0.1) is 0 Å². The summed E-state index contributed by atoms with van der Waals surface area (Å²) in [4.78, 5) is 11.9. The summed E-state index contributed by atoms with van der Waals surface area (Å²) in [5.74, 6) is 0.266. The number of sulfone groups is 1. The van der Waals surface area contributed by atoms with Gasteiger partial charge in [-0.3, -0.25) is 0 Å². The van der Waals surface area contributed by atoms with Crippen molar-refractivity contribution in [2.45, 2.75) is 11.4 Å². The molecule has 1 aromatic carbocycles. The molecule has 2 rings (SSSR count). The zero-order valence-electron chi connectivity index (χ0n) is 11.1. The van der Waals surface area contributed by atoms with Gasteiger partial charge in [0.25, 0.3) is 0 Å². The average Bonchev–Trinajstić information content (AvgIpc) is 2.64. The minimum absolute atomic E-state index is 0.136. The van der Waals surface area contributed by atoms with Gasteiger partial charge in [-0.25, -0.2) is 13.2 Å². The highest BCUT2D eigenvalue weighted by Gasteiger charge is 2.37. The molecule has 6 nitrogen and oxygen atoms in total. The fraction of sp³-hybridized carbons (Fsp3) is 0.417. The summed E-state index contributed by atoms with van der Waals surface area (Å²) in [6, 6.07) is 3.61. The van der Waals surface area contributed by atoms with E-state index in [0.717, 1.165) is 0 Å². The second-order valence-corrected chi connectivity index (χ2v) is 7.77. The van der Waals surface area contributed by atoms with E-state index in [2.05, 4.69) is 10.6 Å². The first-order chi connectivity index (χ1) is 9.80. The number of nitrogens with one attached hydrogen (secondary N) is 2. The number of anilines is 1. The Bertz CT molecular complexity index is 651. The molecule has 0 aliphatic carbocycles. The third-order valence-electron chi connectivity index (χ3n) is 3.02. The lowest BCUT2D eigenvalue weighted by molar-refractivity contribution is 0.249. The highest BCUT2D eigenvalue weighted by molar-refractivity contribution is 7.91. The van der Waals surface area contributed by atoms with Crippen LogP contribution in [0.5, 0.6) is 5.75 Å². The Labute approximate surface area is 132 Å². The van der Waals surface area contributed by atoms with Crippen LogP contribution in [0.1, 0.15) is 0 Å². The van der Waals surface area contributed by atoms with E-state index in [1.165, 1.54) is 7.11 Å². The van der Waals surface area contributed by atoms with Gasteiger partial charge in [0.05, 0.1) is 40.7 Å². The summed E-state index contributed by atoms with van der Waals surface area (Å²) in [6.45, 7) is 0. The fourth-order valence-corrected chi connectivity index (χ4v) is 4.76. The Balaban J connectivity index is 1.99. The molecule has 2 atom stereocenters.